The molecule has 84 valence electrons. The van der Waals surface area contributed by atoms with Gasteiger partial charge in [0, 0.05) is 6.54 Å². The molecule has 3 nitrogen and oxygen atoms in total. The van der Waals surface area contributed by atoms with E-state index in [0.717, 1.165) is 16.9 Å². The Hall–Kier alpha value is -1.22. The number of hydrogen-bond donors (Lipinski definition) is 3. The lowest BCUT2D eigenvalue weighted by atomic mass is 10.1. The Morgan fingerprint density at radius 3 is 2.67 bits per heavy atom. The quantitative estimate of drug-likeness (QED) is 0.663. The van der Waals surface area contributed by atoms with Crippen LogP contribution < -0.4 is 11.1 Å². The first kappa shape index (κ1) is 11.9. The van der Waals surface area contributed by atoms with E-state index in [2.05, 4.69) is 5.32 Å². The van der Waals surface area contributed by atoms with Gasteiger partial charge >= 0.3 is 0 Å². The molecule has 0 spiro atoms. The fraction of sp³-hybridized carbons (Fsp3) is 0.500. The zero-order valence-corrected chi connectivity index (χ0v) is 9.62. The number of hydrogen-bond acceptors (Lipinski definition) is 3. The summed E-state index contributed by atoms with van der Waals surface area (Å²) in [5.74, 6) is 0.253. The van der Waals surface area contributed by atoms with Gasteiger partial charge in [-0.25, -0.2) is 0 Å². The third kappa shape index (κ3) is 3.13. The lowest BCUT2D eigenvalue weighted by Gasteiger charge is -2.17. The van der Waals surface area contributed by atoms with E-state index in [1.807, 2.05) is 39.0 Å². The molecule has 1 unspecified atom stereocenters. The second-order valence-corrected chi connectivity index (χ2v) is 4.23. The highest BCUT2D eigenvalue weighted by molar-refractivity contribution is 5.69. The van der Waals surface area contributed by atoms with Crippen LogP contribution in [0.1, 0.15) is 19.4 Å². The monoisotopic (exact) mass is 208 g/mol. The molecule has 1 aromatic rings. The van der Waals surface area contributed by atoms with Crippen LogP contribution in [0.15, 0.2) is 18.2 Å². The van der Waals surface area contributed by atoms with Gasteiger partial charge in [0.15, 0.2) is 0 Å². The summed E-state index contributed by atoms with van der Waals surface area (Å²) in [6.07, 6.45) is -0.343. The van der Waals surface area contributed by atoms with Crippen LogP contribution in [0, 0.1) is 12.8 Å². The third-order valence-corrected chi connectivity index (χ3v) is 2.60. The van der Waals surface area contributed by atoms with Crippen LogP contribution in [0.4, 0.5) is 11.4 Å². The Labute approximate surface area is 91.3 Å². The second-order valence-electron chi connectivity index (χ2n) is 4.23. The van der Waals surface area contributed by atoms with E-state index in [9.17, 15) is 5.11 Å². The van der Waals surface area contributed by atoms with Crippen molar-refractivity contribution in [2.45, 2.75) is 26.9 Å². The fourth-order valence-electron chi connectivity index (χ4n) is 1.29. The Morgan fingerprint density at radius 1 is 1.40 bits per heavy atom. The molecule has 3 heteroatoms. The normalized spacial score (nSPS) is 12.9. The molecule has 0 aromatic heterocycles. The van der Waals surface area contributed by atoms with Crippen molar-refractivity contribution in [3.05, 3.63) is 23.8 Å². The summed E-state index contributed by atoms with van der Waals surface area (Å²) in [6, 6.07) is 5.85. The lowest BCUT2D eigenvalue weighted by Crippen LogP contribution is -2.25. The molecule has 1 rings (SSSR count). The number of nitrogens with one attached hydrogen (secondary N) is 1. The van der Waals surface area contributed by atoms with E-state index in [1.165, 1.54) is 0 Å². The van der Waals surface area contributed by atoms with Crippen molar-refractivity contribution in [2.24, 2.45) is 5.92 Å². The van der Waals surface area contributed by atoms with Crippen molar-refractivity contribution >= 4 is 11.4 Å². The zero-order chi connectivity index (χ0) is 11.4. The second kappa shape index (κ2) is 5.03. The number of anilines is 2. The first-order valence-corrected chi connectivity index (χ1v) is 5.29. The van der Waals surface area contributed by atoms with Gasteiger partial charge in [-0.05, 0) is 24.5 Å². The van der Waals surface area contributed by atoms with Gasteiger partial charge in [-0.15, -0.1) is 0 Å². The van der Waals surface area contributed by atoms with Crippen LogP contribution in [-0.2, 0) is 0 Å². The lowest BCUT2D eigenvalue weighted by molar-refractivity contribution is 0.138. The van der Waals surface area contributed by atoms with Gasteiger partial charge in [-0.1, -0.05) is 26.0 Å². The van der Waals surface area contributed by atoms with Crippen LogP contribution in [0.2, 0.25) is 0 Å². The summed E-state index contributed by atoms with van der Waals surface area (Å²) in [7, 11) is 0. The number of rotatable bonds is 4. The Kier molecular flexibility index (Phi) is 3.97. The minimum absolute atomic E-state index is 0.253. The van der Waals surface area contributed by atoms with Crippen molar-refractivity contribution in [1.82, 2.24) is 0 Å². The number of aryl methyl sites for hydroxylation is 1. The summed E-state index contributed by atoms with van der Waals surface area (Å²) < 4.78 is 0. The minimum atomic E-state index is -0.343. The minimum Gasteiger partial charge on any atom is -0.397 e. The molecule has 0 aliphatic carbocycles. The average molecular weight is 208 g/mol. The number of nitrogens with two attached hydrogens (primary N) is 1. The summed E-state index contributed by atoms with van der Waals surface area (Å²) in [5.41, 5.74) is 8.61. The molecular formula is C12H20N2O. The molecule has 0 aliphatic heterocycles. The zero-order valence-electron chi connectivity index (χ0n) is 9.62. The van der Waals surface area contributed by atoms with E-state index < -0.39 is 0 Å². The van der Waals surface area contributed by atoms with Crippen molar-refractivity contribution in [3.63, 3.8) is 0 Å². The van der Waals surface area contributed by atoms with Gasteiger partial charge in [-0.2, -0.15) is 0 Å². The molecule has 15 heavy (non-hydrogen) atoms. The van der Waals surface area contributed by atoms with E-state index in [0.29, 0.717) is 6.54 Å². The summed E-state index contributed by atoms with van der Waals surface area (Å²) in [5, 5.41) is 12.8. The maximum atomic E-state index is 9.64. The van der Waals surface area contributed by atoms with E-state index in [1.54, 1.807) is 0 Å². The number of aliphatic hydroxyl groups excluding tert-OH is 1. The number of nitrogen functional groups attached to an aromatic ring is 1. The molecule has 0 radical (unpaired) electrons. The van der Waals surface area contributed by atoms with Crippen molar-refractivity contribution in [2.75, 3.05) is 17.6 Å². The molecule has 0 fully saturated rings. The molecule has 0 bridgehead atoms. The smallest absolute Gasteiger partial charge is 0.0735 e. The number of benzene rings is 1. The molecule has 1 aromatic carbocycles. The Bertz CT molecular complexity index is 323. The standard InChI is InChI=1S/C12H20N2O/c1-8(2)11(15)7-14-10-6-4-5-9(3)12(10)13/h4-6,8,11,14-15H,7,13H2,1-3H3. The molecule has 0 saturated heterocycles. The third-order valence-electron chi connectivity index (χ3n) is 2.60. The van der Waals surface area contributed by atoms with Gasteiger partial charge in [0.1, 0.15) is 0 Å². The first-order chi connectivity index (χ1) is 7.02. The largest absolute Gasteiger partial charge is 0.397 e. The molecule has 1 atom stereocenters. The predicted molar refractivity (Wildman–Crippen MR) is 64.9 cm³/mol. The molecule has 0 saturated carbocycles. The molecule has 0 heterocycles. The number of aliphatic hydroxyl groups is 1. The number of para-hydroxylation sites is 1. The first-order valence-electron chi connectivity index (χ1n) is 5.29. The van der Waals surface area contributed by atoms with Crippen molar-refractivity contribution in [3.8, 4) is 0 Å². The van der Waals surface area contributed by atoms with E-state index in [4.69, 9.17) is 5.73 Å². The van der Waals surface area contributed by atoms with Gasteiger partial charge < -0.3 is 16.2 Å². The van der Waals surface area contributed by atoms with Gasteiger partial charge in [0.25, 0.3) is 0 Å². The van der Waals surface area contributed by atoms with Gasteiger partial charge in [0.2, 0.25) is 0 Å². The molecule has 4 N–H and O–H groups in total. The van der Waals surface area contributed by atoms with Crippen LogP contribution in [0.25, 0.3) is 0 Å². The maximum Gasteiger partial charge on any atom is 0.0735 e. The fourth-order valence-corrected chi connectivity index (χ4v) is 1.29. The summed E-state index contributed by atoms with van der Waals surface area (Å²) >= 11 is 0. The van der Waals surface area contributed by atoms with Gasteiger partial charge in [0.05, 0.1) is 17.5 Å². The van der Waals surface area contributed by atoms with E-state index >= 15 is 0 Å². The van der Waals surface area contributed by atoms with Crippen molar-refractivity contribution in [1.29, 1.82) is 0 Å². The highest BCUT2D eigenvalue weighted by atomic mass is 16.3. The highest BCUT2D eigenvalue weighted by Crippen LogP contribution is 2.21. The van der Waals surface area contributed by atoms with Crippen LogP contribution >= 0.6 is 0 Å². The summed E-state index contributed by atoms with van der Waals surface area (Å²) in [4.78, 5) is 0. The topological polar surface area (TPSA) is 58.3 Å². The van der Waals surface area contributed by atoms with Crippen molar-refractivity contribution < 1.29 is 5.11 Å². The summed E-state index contributed by atoms with van der Waals surface area (Å²) in [6.45, 7) is 6.49. The average Bonchev–Trinajstić information content (AvgIpc) is 2.19. The van der Waals surface area contributed by atoms with Crippen LogP contribution in [-0.4, -0.2) is 17.8 Å². The molecule has 0 aliphatic rings. The predicted octanol–water partition coefficient (Wildman–Crippen LogP) is 2.01. The molecule has 0 amide bonds. The Morgan fingerprint density at radius 2 is 2.07 bits per heavy atom. The van der Waals surface area contributed by atoms with Gasteiger partial charge in [-0.3, -0.25) is 0 Å². The van der Waals surface area contributed by atoms with Crippen LogP contribution in [0.3, 0.4) is 0 Å². The Balaban J connectivity index is 2.62. The maximum absolute atomic E-state index is 9.64. The van der Waals surface area contributed by atoms with E-state index in [-0.39, 0.29) is 12.0 Å². The molecular weight excluding hydrogens is 188 g/mol. The SMILES string of the molecule is Cc1cccc(NCC(O)C(C)C)c1N. The van der Waals surface area contributed by atoms with Crippen LogP contribution in [0.5, 0.6) is 0 Å². The highest BCUT2D eigenvalue weighted by Gasteiger charge is 2.09.